The number of hydrogen-bond donors (Lipinski definition) is 2. The van der Waals surface area contributed by atoms with Gasteiger partial charge in [0.05, 0.1) is 6.04 Å². The Morgan fingerprint density at radius 2 is 2.10 bits per heavy atom. The number of nitrogens with one attached hydrogen (secondary N) is 2. The Morgan fingerprint density at radius 1 is 1.31 bits per heavy atom. The van der Waals surface area contributed by atoms with Gasteiger partial charge in [0.1, 0.15) is 12.1 Å². The molecule has 0 saturated carbocycles. The maximum Gasteiger partial charge on any atom is 0.325 e. The van der Waals surface area contributed by atoms with Gasteiger partial charge in [0.2, 0.25) is 12.7 Å². The van der Waals surface area contributed by atoms with Crippen LogP contribution in [-0.2, 0) is 16.0 Å². The van der Waals surface area contributed by atoms with Crippen LogP contribution in [-0.4, -0.2) is 41.6 Å². The number of carbonyl (C=O) groups is 3. The van der Waals surface area contributed by atoms with Crippen LogP contribution in [0.3, 0.4) is 0 Å². The minimum absolute atomic E-state index is 0.165. The topological polar surface area (TPSA) is 97.0 Å². The monoisotopic (exact) mass is 415 g/mol. The van der Waals surface area contributed by atoms with Gasteiger partial charge in [-0.15, -0.1) is 11.3 Å². The van der Waals surface area contributed by atoms with E-state index in [0.717, 1.165) is 15.3 Å². The SMILES string of the molecule is C[C@H](NC(=O)CN1C(=O)N[C@](C)(Cc2ccc3c(c2)OCO3)C1=O)c1cccs1. The molecule has 9 heteroatoms. The van der Waals surface area contributed by atoms with Gasteiger partial charge in [0.15, 0.2) is 11.5 Å². The fourth-order valence-corrected chi connectivity index (χ4v) is 4.24. The van der Waals surface area contributed by atoms with E-state index in [9.17, 15) is 14.4 Å². The molecule has 0 bridgehead atoms. The van der Waals surface area contributed by atoms with Crippen molar-refractivity contribution < 1.29 is 23.9 Å². The Bertz CT molecular complexity index is 961. The smallest absolute Gasteiger partial charge is 0.325 e. The standard InChI is InChI=1S/C20H21N3O5S/c1-12(16-4-3-7-29-16)21-17(24)10-23-18(25)20(2,22-19(23)26)9-13-5-6-14-15(8-13)28-11-27-14/h3-8,12H,9-11H2,1-2H3,(H,21,24)(H,22,26)/t12-,20+/m0/s1. The average Bonchev–Trinajstić information content (AvgIpc) is 3.39. The Labute approximate surface area is 171 Å². The number of benzene rings is 1. The summed E-state index contributed by atoms with van der Waals surface area (Å²) in [7, 11) is 0. The maximum atomic E-state index is 12.9. The molecule has 1 aromatic carbocycles. The lowest BCUT2D eigenvalue weighted by Gasteiger charge is -2.22. The number of thiophene rings is 1. The van der Waals surface area contributed by atoms with E-state index in [4.69, 9.17) is 9.47 Å². The van der Waals surface area contributed by atoms with Crippen molar-refractivity contribution in [1.82, 2.24) is 15.5 Å². The van der Waals surface area contributed by atoms with Gasteiger partial charge in [-0.2, -0.15) is 0 Å². The van der Waals surface area contributed by atoms with Crippen molar-refractivity contribution in [3.05, 3.63) is 46.2 Å². The Balaban J connectivity index is 1.41. The second-order valence-corrected chi connectivity index (χ2v) is 8.30. The highest BCUT2D eigenvalue weighted by Gasteiger charge is 2.48. The number of fused-ring (bicyclic) bond motifs is 1. The molecule has 2 aliphatic heterocycles. The third-order valence-electron chi connectivity index (χ3n) is 4.99. The van der Waals surface area contributed by atoms with Crippen LogP contribution < -0.4 is 20.1 Å². The van der Waals surface area contributed by atoms with E-state index in [2.05, 4.69) is 10.6 Å². The normalized spacial score (nSPS) is 21.2. The van der Waals surface area contributed by atoms with E-state index in [0.29, 0.717) is 11.5 Å². The van der Waals surface area contributed by atoms with Gasteiger partial charge in [-0.1, -0.05) is 12.1 Å². The summed E-state index contributed by atoms with van der Waals surface area (Å²) in [5.41, 5.74) is -0.312. The molecule has 2 aliphatic rings. The summed E-state index contributed by atoms with van der Waals surface area (Å²) in [6.07, 6.45) is 0.276. The number of rotatable bonds is 6. The average molecular weight is 415 g/mol. The van der Waals surface area contributed by atoms with Crippen LogP contribution in [0.1, 0.15) is 30.3 Å². The van der Waals surface area contributed by atoms with E-state index in [-0.39, 0.29) is 31.7 Å². The van der Waals surface area contributed by atoms with Crippen LogP contribution in [0.5, 0.6) is 11.5 Å². The van der Waals surface area contributed by atoms with E-state index in [1.807, 2.05) is 30.5 Å². The first-order valence-electron chi connectivity index (χ1n) is 9.21. The van der Waals surface area contributed by atoms with Crippen molar-refractivity contribution in [3.63, 3.8) is 0 Å². The first-order valence-corrected chi connectivity index (χ1v) is 10.1. The second-order valence-electron chi connectivity index (χ2n) is 7.32. The van der Waals surface area contributed by atoms with E-state index in [1.165, 1.54) is 11.3 Å². The number of hydrogen-bond acceptors (Lipinski definition) is 6. The van der Waals surface area contributed by atoms with E-state index in [1.54, 1.807) is 19.1 Å². The van der Waals surface area contributed by atoms with Gasteiger partial charge in [0.25, 0.3) is 5.91 Å². The summed E-state index contributed by atoms with van der Waals surface area (Å²) >= 11 is 1.53. The van der Waals surface area contributed by atoms with Crippen molar-refractivity contribution in [3.8, 4) is 11.5 Å². The highest BCUT2D eigenvalue weighted by molar-refractivity contribution is 7.10. The van der Waals surface area contributed by atoms with Gasteiger partial charge in [-0.3, -0.25) is 14.5 Å². The zero-order chi connectivity index (χ0) is 20.6. The molecule has 1 aromatic heterocycles. The molecule has 2 N–H and O–H groups in total. The molecule has 152 valence electrons. The van der Waals surface area contributed by atoms with Gasteiger partial charge in [-0.05, 0) is 43.0 Å². The van der Waals surface area contributed by atoms with Gasteiger partial charge < -0.3 is 20.1 Å². The summed E-state index contributed by atoms with van der Waals surface area (Å²) in [6.45, 7) is 3.36. The summed E-state index contributed by atoms with van der Waals surface area (Å²) in [4.78, 5) is 39.7. The highest BCUT2D eigenvalue weighted by Crippen LogP contribution is 2.34. The lowest BCUT2D eigenvalue weighted by atomic mass is 9.92. The lowest BCUT2D eigenvalue weighted by molar-refractivity contribution is -0.134. The largest absolute Gasteiger partial charge is 0.454 e. The number of ether oxygens (including phenoxy) is 2. The van der Waals surface area contributed by atoms with Crippen LogP contribution in [0.2, 0.25) is 0 Å². The minimum Gasteiger partial charge on any atom is -0.454 e. The summed E-state index contributed by atoms with van der Waals surface area (Å²) in [5.74, 6) is 0.446. The predicted octanol–water partition coefficient (Wildman–Crippen LogP) is 2.21. The van der Waals surface area contributed by atoms with Crippen molar-refractivity contribution >= 4 is 29.2 Å². The number of urea groups is 1. The minimum atomic E-state index is -1.13. The quantitative estimate of drug-likeness (QED) is 0.705. The Morgan fingerprint density at radius 3 is 2.86 bits per heavy atom. The van der Waals surface area contributed by atoms with Crippen LogP contribution >= 0.6 is 11.3 Å². The number of amides is 4. The number of nitrogens with zero attached hydrogens (tertiary/aromatic N) is 1. The first kappa shape index (κ1) is 19.3. The molecule has 1 saturated heterocycles. The molecular weight excluding hydrogens is 394 g/mol. The molecule has 3 heterocycles. The van der Waals surface area contributed by atoms with Crippen molar-refractivity contribution in [2.75, 3.05) is 13.3 Å². The molecular formula is C20H21N3O5S. The molecule has 0 spiro atoms. The Kier molecular flexibility index (Phi) is 4.91. The Hall–Kier alpha value is -3.07. The third kappa shape index (κ3) is 3.77. The molecule has 0 radical (unpaired) electrons. The van der Waals surface area contributed by atoms with E-state index >= 15 is 0 Å². The maximum absolute atomic E-state index is 12.9. The fourth-order valence-electron chi connectivity index (χ4n) is 3.51. The highest BCUT2D eigenvalue weighted by atomic mass is 32.1. The molecule has 0 unspecified atom stereocenters. The molecule has 0 aliphatic carbocycles. The molecule has 1 fully saturated rings. The van der Waals surface area contributed by atoms with Gasteiger partial charge in [0, 0.05) is 11.3 Å². The van der Waals surface area contributed by atoms with Gasteiger partial charge >= 0.3 is 6.03 Å². The summed E-state index contributed by atoms with van der Waals surface area (Å²) in [6, 6.07) is 8.47. The fraction of sp³-hybridized carbons (Fsp3) is 0.350. The van der Waals surface area contributed by atoms with Gasteiger partial charge in [-0.25, -0.2) is 4.79 Å². The molecule has 4 rings (SSSR count). The number of imide groups is 1. The van der Waals surface area contributed by atoms with Crippen LogP contribution in [0, 0.1) is 0 Å². The van der Waals surface area contributed by atoms with Crippen molar-refractivity contribution in [2.45, 2.75) is 31.8 Å². The third-order valence-corrected chi connectivity index (χ3v) is 6.04. The molecule has 29 heavy (non-hydrogen) atoms. The van der Waals surface area contributed by atoms with Crippen LogP contribution in [0.25, 0.3) is 0 Å². The molecule has 2 aromatic rings. The van der Waals surface area contributed by atoms with E-state index < -0.39 is 17.5 Å². The van der Waals surface area contributed by atoms with Crippen LogP contribution in [0.4, 0.5) is 4.79 Å². The predicted molar refractivity (Wildman–Crippen MR) is 106 cm³/mol. The first-order chi connectivity index (χ1) is 13.9. The number of carbonyl (C=O) groups excluding carboxylic acids is 3. The van der Waals surface area contributed by atoms with Crippen LogP contribution in [0.15, 0.2) is 35.7 Å². The molecule has 8 nitrogen and oxygen atoms in total. The van der Waals surface area contributed by atoms with Crippen molar-refractivity contribution in [2.24, 2.45) is 0 Å². The summed E-state index contributed by atoms with van der Waals surface area (Å²) in [5, 5.41) is 7.47. The zero-order valence-corrected chi connectivity index (χ0v) is 16.9. The summed E-state index contributed by atoms with van der Waals surface area (Å²) < 4.78 is 10.7. The molecule has 2 atom stereocenters. The second kappa shape index (κ2) is 7.40. The lowest BCUT2D eigenvalue weighted by Crippen LogP contribution is -2.47. The zero-order valence-electron chi connectivity index (χ0n) is 16.1. The van der Waals surface area contributed by atoms with Crippen molar-refractivity contribution in [1.29, 1.82) is 0 Å². The molecule has 4 amide bonds.